The molecule has 5 saturated heterocycles. The number of imidazole rings is 4. The maximum atomic E-state index is 14.6. The average Bonchev–Trinajstić information content (AvgIpc) is 1.58. The number of aliphatic hydroxyl groups excluding tert-OH is 5. The van der Waals surface area contributed by atoms with Crippen LogP contribution in [0.3, 0.4) is 0 Å². The molecule has 0 aromatic carbocycles. The van der Waals surface area contributed by atoms with Gasteiger partial charge in [-0.05, 0) is 145 Å². The first-order chi connectivity index (χ1) is 45.9. The molecule has 0 radical (unpaired) electrons. The normalized spacial score (nSPS) is 30.1. The summed E-state index contributed by atoms with van der Waals surface area (Å²) in [5, 5.41) is 63.4. The monoisotopic (exact) mass is 1460 g/mol. The van der Waals surface area contributed by atoms with Crippen molar-refractivity contribution in [3.8, 4) is 0 Å². The summed E-state index contributed by atoms with van der Waals surface area (Å²) in [6.45, 7) is 22.3. The number of aromatic amines is 4. The smallest absolute Gasteiger partial charge is 0.279 e. The van der Waals surface area contributed by atoms with Crippen LogP contribution in [0.5, 0.6) is 0 Å². The highest BCUT2D eigenvalue weighted by atomic mass is 31.2. The molecule has 31 nitrogen and oxygen atoms in total. The number of rotatable bonds is 16. The second-order valence-corrected chi connectivity index (χ2v) is 47.1. The van der Waals surface area contributed by atoms with Crippen LogP contribution < -0.4 is 22.2 Å². The van der Waals surface area contributed by atoms with E-state index in [9.17, 15) is 54.2 Å². The fourth-order valence-corrected chi connectivity index (χ4v) is 16.6. The highest BCUT2D eigenvalue weighted by molar-refractivity contribution is 7.73. The second kappa shape index (κ2) is 28.0. The van der Waals surface area contributed by atoms with Crippen LogP contribution >= 0.6 is 27.5 Å². The Balaban J connectivity index is 0.000000143. The molecule has 0 aliphatic carbocycles. The number of aryl methyl sites for hydroxylation is 4. The molecule has 0 unspecified atom stereocenters. The molecule has 36 heteroatoms. The Kier molecular flexibility index (Phi) is 21.5. The Morgan fingerprint density at radius 2 is 0.899 bits per heavy atom. The quantitative estimate of drug-likeness (QED) is 0.0622. The van der Waals surface area contributed by atoms with Gasteiger partial charge in [0.2, 0.25) is 0 Å². The summed E-state index contributed by atoms with van der Waals surface area (Å²) in [6, 6.07) is 0. The van der Waals surface area contributed by atoms with Crippen molar-refractivity contribution in [2.75, 3.05) is 84.6 Å². The third-order valence-corrected chi connectivity index (χ3v) is 24.2. The SMILES string of the molecule is C=P(C)(C)CC[C@@]1(C)O[C@@H](n2cnc3c(=O)[nH]c(C)nc32)[C@H](O)[C@@H]1O.C=P(C)(C)CC[C@@]12CO[C@@H]([C@H](n3cnc4c(=O)[nH]c(C)nc43)O1)[C@@H]2O.C=P(C)(C)CC[C@H]1O[C@@H](n2cnc3c(=O)[nH]c(C)nc32)[C@@](C)(O)[C@@H]1O.C=P(C)(C)CC[C@H]1O[C@@H](n2cnc3c(=O)[nH]c(C)nc32)[C@H](F)[C@@H]1O. The zero-order chi connectivity index (χ0) is 72.8. The number of hydrogen-bond donors (Lipinski definition) is 10. The number of nitrogens with one attached hydrogen (secondary N) is 4. The molecule has 8 aromatic heterocycles. The van der Waals surface area contributed by atoms with E-state index in [-0.39, 0.29) is 50.0 Å². The van der Waals surface area contributed by atoms with E-state index in [1.54, 1.807) is 39.2 Å². The fourth-order valence-electron chi connectivity index (χ4n) is 12.7. The number of ether oxygens (including phenoxy) is 5. The van der Waals surface area contributed by atoms with Gasteiger partial charge in [0.1, 0.15) is 71.1 Å². The first-order valence-corrected chi connectivity index (χ1v) is 44.6. The highest BCUT2D eigenvalue weighted by Gasteiger charge is 2.62. The number of H-pyrrole nitrogens is 4. The van der Waals surface area contributed by atoms with Gasteiger partial charge >= 0.3 is 0 Å². The van der Waals surface area contributed by atoms with Gasteiger partial charge in [-0.25, -0.2) is 44.3 Å². The number of nitrogens with zero attached hydrogens (tertiary/aromatic N) is 12. The van der Waals surface area contributed by atoms with Gasteiger partial charge in [0.05, 0.1) is 49.7 Å². The Hall–Kier alpha value is -5.91. The van der Waals surface area contributed by atoms with Crippen LogP contribution in [-0.4, -0.2) is 290 Å². The van der Waals surface area contributed by atoms with Crippen molar-refractivity contribution in [1.82, 2.24) is 78.1 Å². The van der Waals surface area contributed by atoms with Crippen molar-refractivity contribution in [2.24, 2.45) is 0 Å². The molecule has 544 valence electrons. The van der Waals surface area contributed by atoms with Gasteiger partial charge in [-0.15, -0.1) is 52.7 Å². The Bertz CT molecular complexity index is 4680. The lowest BCUT2D eigenvalue weighted by Crippen LogP contribution is -2.43. The average molecular weight is 1460 g/mol. The summed E-state index contributed by atoms with van der Waals surface area (Å²) in [5.74, 6) is 1.79. The van der Waals surface area contributed by atoms with E-state index in [1.807, 2.05) is 0 Å². The molecule has 99 heavy (non-hydrogen) atoms. The zero-order valence-electron chi connectivity index (χ0n) is 58.4. The number of hydrogen-bond acceptors (Lipinski definition) is 23. The van der Waals surface area contributed by atoms with E-state index >= 15 is 0 Å². The molecule has 13 rings (SSSR count). The van der Waals surface area contributed by atoms with E-state index in [0.717, 1.165) is 24.6 Å². The maximum absolute atomic E-state index is 14.6. The molecule has 13 heterocycles. The van der Waals surface area contributed by atoms with Crippen LogP contribution in [0.25, 0.3) is 44.7 Å². The van der Waals surface area contributed by atoms with E-state index in [4.69, 9.17) is 23.7 Å². The third kappa shape index (κ3) is 16.0. The minimum atomic E-state index is -1.61. The molecule has 8 aromatic rings. The maximum Gasteiger partial charge on any atom is 0.279 e. The first-order valence-electron chi connectivity index (χ1n) is 32.4. The molecule has 0 amide bonds. The van der Waals surface area contributed by atoms with Crippen molar-refractivity contribution >= 4 is 97.4 Å². The minimum Gasteiger partial charge on any atom is -0.387 e. The van der Waals surface area contributed by atoms with Crippen molar-refractivity contribution < 1.29 is 58.7 Å². The highest BCUT2D eigenvalue weighted by Crippen LogP contribution is 2.51. The van der Waals surface area contributed by atoms with Crippen molar-refractivity contribution in [3.63, 3.8) is 0 Å². The fraction of sp³-hybridized carbons (Fsp3) is 0.619. The molecule has 5 aliphatic heterocycles. The van der Waals surface area contributed by atoms with Crippen molar-refractivity contribution in [2.45, 2.75) is 164 Å². The number of halogens is 1. The predicted octanol–water partition coefficient (Wildman–Crippen LogP) is 2.75. The van der Waals surface area contributed by atoms with Crippen LogP contribution in [0, 0.1) is 27.7 Å². The Labute approximate surface area is 570 Å². The number of alkyl halides is 1. The van der Waals surface area contributed by atoms with Crippen molar-refractivity contribution in [3.05, 3.63) is 90.0 Å². The van der Waals surface area contributed by atoms with Gasteiger partial charge in [0, 0.05) is 0 Å². The largest absolute Gasteiger partial charge is 0.387 e. The summed E-state index contributed by atoms with van der Waals surface area (Å²) in [4.78, 5) is 91.8. The zero-order valence-corrected chi connectivity index (χ0v) is 62.0. The van der Waals surface area contributed by atoms with Crippen LogP contribution in [0.1, 0.15) is 87.7 Å². The number of aromatic nitrogens is 16. The van der Waals surface area contributed by atoms with E-state index < -0.39 is 124 Å². The molecular weight excluding hydrogens is 1360 g/mol. The van der Waals surface area contributed by atoms with E-state index in [0.29, 0.717) is 72.5 Å². The van der Waals surface area contributed by atoms with E-state index in [2.05, 4.69) is 138 Å². The lowest BCUT2D eigenvalue weighted by atomic mass is 9.95. The van der Waals surface area contributed by atoms with Crippen LogP contribution in [-0.2, 0) is 23.7 Å². The number of fused-ring (bicyclic) bond motifs is 6. The standard InChI is InChI=1S/C16H23N4O4P.2C16H25N4O4P.C15H22FN4O3P/c1-9-18-13-10(14(22)19-9)17-8-20(13)15-11-12(21)16(24-15,7-23-11)5-6-25(2,3)4;1-9-18-13-10(14(23)19-9)17-8-20(13)15-11(21)12(22)16(2,24-15)6-7-25(3,4)5;1-9-18-13-11(14(22)19-9)17-8-20(13)15-16(2,23)12(21)10(24-15)6-7-25(3,4)5;1-8-18-13-11(14(22)19-8)17-7-20(13)15-10(16)12(21)9(23-15)5-6-24(2,3)4/h8,11-12,15,21H,2,5-7H2,1,3-4H3,(H,18,19,22);8,11-12,15,21-22H,3,6-7H2,1-2,4-5H3,(H,18,19,23);8,10,12,15,21,23H,3,6-7H2,1-2,4-5H3,(H,18,19,22);7,9-10,12,15,21H,2,5-6H2,1,3-4H3,(H,18,19,22)/t11-,12+,15-,16+;11-,12+,15-,16-;10-,12-,15-,16+;9-,10-,12-,15-/m1111/s1. The Morgan fingerprint density at radius 3 is 1.33 bits per heavy atom. The molecule has 0 saturated carbocycles. The first kappa shape index (κ1) is 75.7. The molecule has 5 aliphatic rings. The molecule has 5 fully saturated rings. The molecule has 0 spiro atoms. The predicted molar refractivity (Wildman–Crippen MR) is 388 cm³/mol. The summed E-state index contributed by atoms with van der Waals surface area (Å²) in [5.41, 5.74) is -2.45. The minimum absolute atomic E-state index is 0.124. The van der Waals surface area contributed by atoms with E-state index in [1.165, 1.54) is 45.9 Å². The topological polar surface area (TPSA) is 422 Å². The Morgan fingerprint density at radius 1 is 0.515 bits per heavy atom. The lowest BCUT2D eigenvalue weighted by molar-refractivity contribution is -0.172. The second-order valence-electron chi connectivity index (χ2n) is 29.9. The van der Waals surface area contributed by atoms with Crippen LogP contribution in [0.4, 0.5) is 4.39 Å². The lowest BCUT2D eigenvalue weighted by Gasteiger charge is -2.32. The van der Waals surface area contributed by atoms with Gasteiger partial charge < -0.3 is 74.3 Å². The third-order valence-electron chi connectivity index (χ3n) is 18.4. The molecule has 10 N–H and O–H groups in total. The molecule has 16 atom stereocenters. The van der Waals surface area contributed by atoms with Gasteiger partial charge in [-0.3, -0.25) is 37.4 Å². The van der Waals surface area contributed by atoms with Crippen LogP contribution in [0.15, 0.2) is 44.5 Å². The molecule has 2 bridgehead atoms. The van der Waals surface area contributed by atoms with Gasteiger partial charge in [-0.2, -0.15) is 0 Å². The van der Waals surface area contributed by atoms with Gasteiger partial charge in [-0.1, -0.05) is 0 Å². The summed E-state index contributed by atoms with van der Waals surface area (Å²) in [6.07, 6.45) is 16.5. The summed E-state index contributed by atoms with van der Waals surface area (Å²) in [7, 11) is 0. The van der Waals surface area contributed by atoms with Gasteiger partial charge in [0.15, 0.2) is 75.7 Å². The van der Waals surface area contributed by atoms with Crippen molar-refractivity contribution in [1.29, 1.82) is 0 Å². The number of aliphatic hydroxyl groups is 6. The summed E-state index contributed by atoms with van der Waals surface area (Å²) >= 11 is 0. The summed E-state index contributed by atoms with van der Waals surface area (Å²) < 4.78 is 50.6. The van der Waals surface area contributed by atoms with Gasteiger partial charge in [0.25, 0.3) is 22.2 Å². The molecular formula is C63H95FN16O15P4. The van der Waals surface area contributed by atoms with Crippen LogP contribution in [0.2, 0.25) is 0 Å².